The van der Waals surface area contributed by atoms with E-state index in [9.17, 15) is 14.9 Å². The number of rotatable bonds is 3. The molecule has 0 aliphatic carbocycles. The minimum Gasteiger partial charge on any atom is -0.404 e. The second-order valence-electron chi connectivity index (χ2n) is 5.04. The van der Waals surface area contributed by atoms with Crippen LogP contribution in [0.15, 0.2) is 51.7 Å². The number of benzene rings is 2. The van der Waals surface area contributed by atoms with Crippen molar-refractivity contribution < 1.29 is 9.34 Å². The second kappa shape index (κ2) is 5.84. The molecule has 0 aliphatic heterocycles. The van der Waals surface area contributed by atoms with Crippen LogP contribution in [0.1, 0.15) is 17.0 Å². The quantitative estimate of drug-likeness (QED) is 0.545. The lowest BCUT2D eigenvalue weighted by Crippen LogP contribution is -2.03. The highest BCUT2D eigenvalue weighted by atomic mass is 16.6. The Labute approximate surface area is 130 Å². The van der Waals surface area contributed by atoms with Crippen LogP contribution in [0.2, 0.25) is 0 Å². The van der Waals surface area contributed by atoms with Gasteiger partial charge in [-0.15, -0.1) is 0 Å². The molecule has 0 spiro atoms. The summed E-state index contributed by atoms with van der Waals surface area (Å²) in [6.45, 7) is 1.89. The van der Waals surface area contributed by atoms with Gasteiger partial charge in [-0.2, -0.15) is 0 Å². The first-order valence-corrected chi connectivity index (χ1v) is 6.87. The summed E-state index contributed by atoms with van der Waals surface area (Å²) < 4.78 is 5.17. The third kappa shape index (κ3) is 3.16. The number of nitro benzene ring substituents is 1. The molecule has 0 radical (unpaired) electrons. The van der Waals surface area contributed by atoms with Crippen LogP contribution in [-0.4, -0.2) is 9.91 Å². The first kappa shape index (κ1) is 14.6. The fraction of sp³-hybridized carbons (Fsp3) is 0.0588. The lowest BCUT2D eigenvalue weighted by Gasteiger charge is -1.99. The molecule has 0 atom stereocenters. The molecule has 6 nitrogen and oxygen atoms in total. The molecule has 0 unspecified atom stereocenters. The summed E-state index contributed by atoms with van der Waals surface area (Å²) in [6.07, 6.45) is 3.23. The van der Waals surface area contributed by atoms with Gasteiger partial charge in [0.2, 0.25) is 5.89 Å². The summed E-state index contributed by atoms with van der Waals surface area (Å²) in [6, 6.07) is 11.4. The maximum atomic E-state index is 12.0. The summed E-state index contributed by atoms with van der Waals surface area (Å²) in [5.41, 5.74) is 1.84. The van der Waals surface area contributed by atoms with E-state index >= 15 is 0 Å². The predicted molar refractivity (Wildman–Crippen MR) is 87.0 cm³/mol. The van der Waals surface area contributed by atoms with Gasteiger partial charge in [0.25, 0.3) is 5.69 Å². The van der Waals surface area contributed by atoms with Crippen molar-refractivity contribution in [2.75, 3.05) is 0 Å². The average molecular weight is 308 g/mol. The molecule has 0 saturated heterocycles. The summed E-state index contributed by atoms with van der Waals surface area (Å²) in [5.74, 6) is 0.185. The summed E-state index contributed by atoms with van der Waals surface area (Å²) in [4.78, 5) is 26.4. The lowest BCUT2D eigenvalue weighted by atomic mass is 10.2. The average Bonchev–Trinajstić information content (AvgIpc) is 2.54. The van der Waals surface area contributed by atoms with Crippen LogP contribution >= 0.6 is 0 Å². The monoisotopic (exact) mass is 308 g/mol. The smallest absolute Gasteiger partial charge is 0.347 e. The van der Waals surface area contributed by atoms with Gasteiger partial charge in [-0.25, -0.2) is 9.78 Å². The summed E-state index contributed by atoms with van der Waals surface area (Å²) in [7, 11) is 0. The number of aromatic nitrogens is 1. The fourth-order valence-electron chi connectivity index (χ4n) is 2.15. The van der Waals surface area contributed by atoms with E-state index in [0.717, 1.165) is 11.1 Å². The maximum Gasteiger partial charge on any atom is 0.347 e. The van der Waals surface area contributed by atoms with Crippen LogP contribution < -0.4 is 5.63 Å². The van der Waals surface area contributed by atoms with Gasteiger partial charge in [0.1, 0.15) is 0 Å². The normalized spacial score (nSPS) is 11.2. The molecule has 114 valence electrons. The van der Waals surface area contributed by atoms with Crippen molar-refractivity contribution >= 4 is 28.7 Å². The zero-order valence-electron chi connectivity index (χ0n) is 12.2. The Hall–Kier alpha value is -3.28. The van der Waals surface area contributed by atoms with Gasteiger partial charge in [0.15, 0.2) is 0 Å². The van der Waals surface area contributed by atoms with E-state index < -0.39 is 10.5 Å². The van der Waals surface area contributed by atoms with Crippen LogP contribution in [0, 0.1) is 17.0 Å². The summed E-state index contributed by atoms with van der Waals surface area (Å²) in [5, 5.41) is 11.0. The fourth-order valence-corrected chi connectivity index (χ4v) is 2.15. The zero-order chi connectivity index (χ0) is 16.4. The molecule has 3 rings (SSSR count). The van der Waals surface area contributed by atoms with E-state index in [0.29, 0.717) is 10.9 Å². The Morgan fingerprint density at radius 2 is 1.87 bits per heavy atom. The Balaban J connectivity index is 1.93. The van der Waals surface area contributed by atoms with E-state index in [1.54, 1.807) is 36.4 Å². The highest BCUT2D eigenvalue weighted by Crippen LogP contribution is 2.15. The maximum absolute atomic E-state index is 12.0. The Bertz CT molecular complexity index is 972. The molecule has 0 N–H and O–H groups in total. The highest BCUT2D eigenvalue weighted by Gasteiger charge is 2.05. The number of aryl methyl sites for hydroxylation is 1. The number of nitro groups is 1. The van der Waals surface area contributed by atoms with Crippen LogP contribution in [0.5, 0.6) is 0 Å². The Morgan fingerprint density at radius 3 is 2.57 bits per heavy atom. The molecule has 1 heterocycles. The van der Waals surface area contributed by atoms with Crippen molar-refractivity contribution in [3.05, 3.63) is 80.0 Å². The predicted octanol–water partition coefficient (Wildman–Crippen LogP) is 3.58. The van der Waals surface area contributed by atoms with E-state index in [1.165, 1.54) is 12.1 Å². The van der Waals surface area contributed by atoms with Gasteiger partial charge in [-0.3, -0.25) is 10.1 Å². The summed E-state index contributed by atoms with van der Waals surface area (Å²) >= 11 is 0. The van der Waals surface area contributed by atoms with Crippen LogP contribution in [0.3, 0.4) is 0 Å². The van der Waals surface area contributed by atoms with Crippen molar-refractivity contribution in [1.82, 2.24) is 4.98 Å². The van der Waals surface area contributed by atoms with Gasteiger partial charge in [0.05, 0.1) is 15.8 Å². The van der Waals surface area contributed by atoms with Crippen molar-refractivity contribution in [3.8, 4) is 0 Å². The number of nitrogens with zero attached hydrogens (tertiary/aromatic N) is 2. The van der Waals surface area contributed by atoms with Crippen molar-refractivity contribution in [1.29, 1.82) is 0 Å². The number of hydrogen-bond donors (Lipinski definition) is 0. The number of fused-ring (bicyclic) bond motifs is 1. The Morgan fingerprint density at radius 1 is 1.13 bits per heavy atom. The SMILES string of the molecule is Cc1ccc2nc(/C=C\c3ccc([N+](=O)[O-])cc3)oc(=O)c2c1. The molecule has 23 heavy (non-hydrogen) atoms. The van der Waals surface area contributed by atoms with Crippen molar-refractivity contribution in [2.45, 2.75) is 6.92 Å². The van der Waals surface area contributed by atoms with E-state index in [1.807, 2.05) is 13.0 Å². The molecule has 6 heteroatoms. The Kier molecular flexibility index (Phi) is 3.72. The van der Waals surface area contributed by atoms with Crippen molar-refractivity contribution in [2.24, 2.45) is 0 Å². The molecular formula is C17H12N2O4. The van der Waals surface area contributed by atoms with Crippen LogP contribution in [0.4, 0.5) is 5.69 Å². The number of non-ortho nitro benzene ring substituents is 1. The largest absolute Gasteiger partial charge is 0.404 e. The van der Waals surface area contributed by atoms with E-state index in [-0.39, 0.29) is 11.6 Å². The molecule has 2 aromatic carbocycles. The first-order valence-electron chi connectivity index (χ1n) is 6.87. The van der Waals surface area contributed by atoms with Gasteiger partial charge in [-0.1, -0.05) is 11.6 Å². The highest BCUT2D eigenvalue weighted by molar-refractivity contribution is 5.79. The third-order valence-corrected chi connectivity index (χ3v) is 3.32. The molecule has 1 aromatic heterocycles. The third-order valence-electron chi connectivity index (χ3n) is 3.32. The van der Waals surface area contributed by atoms with Gasteiger partial charge >= 0.3 is 5.63 Å². The molecule has 0 fully saturated rings. The topological polar surface area (TPSA) is 86.2 Å². The first-order chi connectivity index (χ1) is 11.0. The van der Waals surface area contributed by atoms with Crippen molar-refractivity contribution in [3.63, 3.8) is 0 Å². The molecule has 0 aliphatic rings. The van der Waals surface area contributed by atoms with Gasteiger partial charge in [-0.05, 0) is 42.8 Å². The molecule has 3 aromatic rings. The van der Waals surface area contributed by atoms with E-state index in [2.05, 4.69) is 4.98 Å². The number of hydrogen-bond acceptors (Lipinski definition) is 5. The lowest BCUT2D eigenvalue weighted by molar-refractivity contribution is -0.384. The molecular weight excluding hydrogens is 296 g/mol. The minimum atomic E-state index is -0.459. The van der Waals surface area contributed by atoms with E-state index in [4.69, 9.17) is 4.42 Å². The standard InChI is InChI=1S/C17H12N2O4/c1-11-2-8-15-14(10-11)17(20)23-16(18-15)9-5-12-3-6-13(7-4-12)19(21)22/h2-10H,1H3/b9-5-. The van der Waals surface area contributed by atoms with Gasteiger partial charge in [0, 0.05) is 18.2 Å². The minimum absolute atomic E-state index is 0.0212. The second-order valence-corrected chi connectivity index (χ2v) is 5.04. The zero-order valence-corrected chi connectivity index (χ0v) is 12.2. The van der Waals surface area contributed by atoms with Gasteiger partial charge < -0.3 is 4.42 Å². The van der Waals surface area contributed by atoms with Crippen LogP contribution in [0.25, 0.3) is 23.1 Å². The van der Waals surface area contributed by atoms with Crippen LogP contribution in [-0.2, 0) is 0 Å². The molecule has 0 amide bonds. The molecule has 0 saturated carbocycles. The molecule has 0 bridgehead atoms.